The molecule has 1 amide bonds. The van der Waals surface area contributed by atoms with Gasteiger partial charge < -0.3 is 19.1 Å². The Bertz CT molecular complexity index is 625. The van der Waals surface area contributed by atoms with Gasteiger partial charge >= 0.3 is 0 Å². The van der Waals surface area contributed by atoms with E-state index in [1.54, 1.807) is 18.4 Å². The standard InChI is InChI=1S/C16H21N3O3/c1-11-13(18-16(22-11)14-4-3-9-21-14)10-15(20)19-7-5-12(17-2)6-8-19/h3-4,9,12,17H,5-8,10H2,1-2H3. The molecule has 0 atom stereocenters. The molecule has 22 heavy (non-hydrogen) atoms. The van der Waals surface area contributed by atoms with E-state index in [0.717, 1.165) is 25.9 Å². The van der Waals surface area contributed by atoms with Crippen LogP contribution in [-0.2, 0) is 11.2 Å². The van der Waals surface area contributed by atoms with Crippen LogP contribution in [0, 0.1) is 6.92 Å². The van der Waals surface area contributed by atoms with Crippen LogP contribution in [0.4, 0.5) is 0 Å². The molecule has 1 fully saturated rings. The molecule has 6 heteroatoms. The molecule has 1 aliphatic heterocycles. The van der Waals surface area contributed by atoms with E-state index in [4.69, 9.17) is 8.83 Å². The molecule has 0 bridgehead atoms. The Morgan fingerprint density at radius 3 is 2.86 bits per heavy atom. The SMILES string of the molecule is CNC1CCN(C(=O)Cc2nc(-c3ccco3)oc2C)CC1. The van der Waals surface area contributed by atoms with Crippen LogP contribution in [0.1, 0.15) is 24.3 Å². The van der Waals surface area contributed by atoms with E-state index < -0.39 is 0 Å². The Morgan fingerprint density at radius 1 is 1.45 bits per heavy atom. The number of amides is 1. The monoisotopic (exact) mass is 303 g/mol. The van der Waals surface area contributed by atoms with Crippen LogP contribution in [0.15, 0.2) is 27.2 Å². The molecule has 0 spiro atoms. The predicted molar refractivity (Wildman–Crippen MR) is 81.3 cm³/mol. The third-order valence-electron chi connectivity index (χ3n) is 4.20. The maximum Gasteiger partial charge on any atom is 0.263 e. The molecule has 118 valence electrons. The topological polar surface area (TPSA) is 71.5 Å². The Labute approximate surface area is 129 Å². The quantitative estimate of drug-likeness (QED) is 0.935. The summed E-state index contributed by atoms with van der Waals surface area (Å²) in [6, 6.07) is 4.09. The summed E-state index contributed by atoms with van der Waals surface area (Å²) in [7, 11) is 1.97. The van der Waals surface area contributed by atoms with Crippen LogP contribution in [0.3, 0.4) is 0 Å². The van der Waals surface area contributed by atoms with Crippen LogP contribution in [0.25, 0.3) is 11.7 Å². The Kier molecular flexibility index (Phi) is 4.29. The van der Waals surface area contributed by atoms with Crippen LogP contribution in [0.2, 0.25) is 0 Å². The van der Waals surface area contributed by atoms with E-state index in [1.807, 2.05) is 18.9 Å². The van der Waals surface area contributed by atoms with Gasteiger partial charge in [0, 0.05) is 19.1 Å². The number of nitrogens with one attached hydrogen (secondary N) is 1. The van der Waals surface area contributed by atoms with E-state index in [0.29, 0.717) is 29.1 Å². The maximum absolute atomic E-state index is 12.4. The number of hydrogen-bond acceptors (Lipinski definition) is 5. The number of furan rings is 1. The molecular weight excluding hydrogens is 282 g/mol. The average Bonchev–Trinajstić information content (AvgIpc) is 3.18. The smallest absolute Gasteiger partial charge is 0.263 e. The molecule has 2 aromatic rings. The number of rotatable bonds is 4. The normalized spacial score (nSPS) is 16.2. The van der Waals surface area contributed by atoms with Crippen LogP contribution in [-0.4, -0.2) is 42.0 Å². The largest absolute Gasteiger partial charge is 0.459 e. The fourth-order valence-electron chi connectivity index (χ4n) is 2.77. The zero-order valence-electron chi connectivity index (χ0n) is 13.0. The van der Waals surface area contributed by atoms with E-state index in [1.165, 1.54) is 0 Å². The number of oxazole rings is 1. The minimum atomic E-state index is 0.108. The second-order valence-corrected chi connectivity index (χ2v) is 5.62. The average molecular weight is 303 g/mol. The van der Waals surface area contributed by atoms with E-state index >= 15 is 0 Å². The molecule has 3 heterocycles. The summed E-state index contributed by atoms with van der Waals surface area (Å²) in [5.41, 5.74) is 0.687. The minimum absolute atomic E-state index is 0.108. The molecule has 2 aromatic heterocycles. The summed E-state index contributed by atoms with van der Waals surface area (Å²) in [4.78, 5) is 18.7. The predicted octanol–water partition coefficient (Wildman–Crippen LogP) is 2.00. The molecule has 1 saturated heterocycles. The lowest BCUT2D eigenvalue weighted by Gasteiger charge is -2.31. The van der Waals surface area contributed by atoms with Gasteiger partial charge in [-0.2, -0.15) is 0 Å². The number of hydrogen-bond donors (Lipinski definition) is 1. The third-order valence-corrected chi connectivity index (χ3v) is 4.20. The molecule has 0 saturated carbocycles. The van der Waals surface area contributed by atoms with Gasteiger partial charge in [0.1, 0.15) is 5.76 Å². The summed E-state index contributed by atoms with van der Waals surface area (Å²) in [6.45, 7) is 3.42. The van der Waals surface area contributed by atoms with Gasteiger partial charge in [0.15, 0.2) is 5.76 Å². The summed E-state index contributed by atoms with van der Waals surface area (Å²) in [5, 5.41) is 3.27. The van der Waals surface area contributed by atoms with E-state index in [2.05, 4.69) is 10.3 Å². The summed E-state index contributed by atoms with van der Waals surface area (Å²) < 4.78 is 10.9. The molecule has 6 nitrogen and oxygen atoms in total. The first kappa shape index (κ1) is 14.8. The van der Waals surface area contributed by atoms with Crippen molar-refractivity contribution >= 4 is 5.91 Å². The molecule has 0 aromatic carbocycles. The first-order valence-electron chi connectivity index (χ1n) is 7.62. The molecule has 0 radical (unpaired) electrons. The molecular formula is C16H21N3O3. The van der Waals surface area contributed by atoms with Crippen molar-refractivity contribution in [1.29, 1.82) is 0 Å². The Morgan fingerprint density at radius 2 is 2.23 bits per heavy atom. The van der Waals surface area contributed by atoms with Crippen molar-refractivity contribution in [3.63, 3.8) is 0 Å². The number of likely N-dealkylation sites (tertiary alicyclic amines) is 1. The van der Waals surface area contributed by atoms with Gasteiger partial charge in [0.2, 0.25) is 5.91 Å². The van der Waals surface area contributed by atoms with Gasteiger partial charge in [-0.3, -0.25) is 4.79 Å². The lowest BCUT2D eigenvalue weighted by Crippen LogP contribution is -2.44. The van der Waals surface area contributed by atoms with Crippen LogP contribution >= 0.6 is 0 Å². The summed E-state index contributed by atoms with van der Waals surface area (Å²) >= 11 is 0. The van der Waals surface area contributed by atoms with Crippen LogP contribution in [0.5, 0.6) is 0 Å². The zero-order valence-corrected chi connectivity index (χ0v) is 13.0. The van der Waals surface area contributed by atoms with Gasteiger partial charge in [0.25, 0.3) is 5.89 Å². The van der Waals surface area contributed by atoms with Crippen molar-refractivity contribution in [2.45, 2.75) is 32.2 Å². The third kappa shape index (κ3) is 3.06. The highest BCUT2D eigenvalue weighted by molar-refractivity contribution is 5.78. The van der Waals surface area contributed by atoms with Gasteiger partial charge in [-0.05, 0) is 38.9 Å². The minimum Gasteiger partial charge on any atom is -0.459 e. The van der Waals surface area contributed by atoms with Crippen LogP contribution < -0.4 is 5.32 Å². The number of carbonyl (C=O) groups excluding carboxylic acids is 1. The number of nitrogens with zero attached hydrogens (tertiary/aromatic N) is 2. The first-order valence-corrected chi connectivity index (χ1v) is 7.62. The number of piperidine rings is 1. The summed E-state index contributed by atoms with van der Waals surface area (Å²) in [5.74, 6) is 1.79. The second kappa shape index (κ2) is 6.36. The van der Waals surface area contributed by atoms with Gasteiger partial charge in [0.05, 0.1) is 18.4 Å². The maximum atomic E-state index is 12.4. The van der Waals surface area contributed by atoms with E-state index in [-0.39, 0.29) is 12.3 Å². The zero-order chi connectivity index (χ0) is 15.5. The van der Waals surface area contributed by atoms with Crippen molar-refractivity contribution in [3.8, 4) is 11.7 Å². The molecule has 0 unspecified atom stereocenters. The Balaban J connectivity index is 1.65. The summed E-state index contributed by atoms with van der Waals surface area (Å²) in [6.07, 6.45) is 3.85. The van der Waals surface area contributed by atoms with Crippen molar-refractivity contribution in [3.05, 3.63) is 29.9 Å². The van der Waals surface area contributed by atoms with Gasteiger partial charge in [-0.1, -0.05) is 0 Å². The number of carbonyl (C=O) groups is 1. The highest BCUT2D eigenvalue weighted by Gasteiger charge is 2.24. The molecule has 1 N–H and O–H groups in total. The highest BCUT2D eigenvalue weighted by Crippen LogP contribution is 2.23. The van der Waals surface area contributed by atoms with E-state index in [9.17, 15) is 4.79 Å². The van der Waals surface area contributed by atoms with Gasteiger partial charge in [-0.15, -0.1) is 0 Å². The van der Waals surface area contributed by atoms with Crippen molar-refractivity contribution in [1.82, 2.24) is 15.2 Å². The lowest BCUT2D eigenvalue weighted by atomic mass is 10.0. The second-order valence-electron chi connectivity index (χ2n) is 5.62. The molecule has 3 rings (SSSR count). The van der Waals surface area contributed by atoms with Gasteiger partial charge in [-0.25, -0.2) is 4.98 Å². The lowest BCUT2D eigenvalue weighted by molar-refractivity contribution is -0.131. The molecule has 0 aliphatic carbocycles. The Hall–Kier alpha value is -2.08. The molecule has 1 aliphatic rings. The fourth-order valence-corrected chi connectivity index (χ4v) is 2.77. The number of aryl methyl sites for hydroxylation is 1. The van der Waals surface area contributed by atoms with Crippen molar-refractivity contribution in [2.75, 3.05) is 20.1 Å². The number of aromatic nitrogens is 1. The van der Waals surface area contributed by atoms with Crippen molar-refractivity contribution in [2.24, 2.45) is 0 Å². The first-order chi connectivity index (χ1) is 10.7. The fraction of sp³-hybridized carbons (Fsp3) is 0.500. The van der Waals surface area contributed by atoms with Crippen molar-refractivity contribution < 1.29 is 13.6 Å². The highest BCUT2D eigenvalue weighted by atomic mass is 16.4.